The van der Waals surface area contributed by atoms with Gasteiger partial charge in [-0.15, -0.1) is 11.3 Å². The SMILES string of the molecule is C[C@@H](N=C1NS(=O)(=O)c2ccccc21)C(=O)N1CCN(Cc2nc3ccccc3s2)CC1. The Morgan fingerprint density at radius 2 is 1.84 bits per heavy atom. The number of nitrogens with zero attached hydrogens (tertiary/aromatic N) is 4. The number of sulfonamides is 1. The summed E-state index contributed by atoms with van der Waals surface area (Å²) in [7, 11) is -3.62. The van der Waals surface area contributed by atoms with Crippen molar-refractivity contribution in [2.75, 3.05) is 26.2 Å². The maximum Gasteiger partial charge on any atom is 0.263 e. The van der Waals surface area contributed by atoms with E-state index in [1.807, 2.05) is 18.2 Å². The zero-order valence-corrected chi connectivity index (χ0v) is 19.2. The van der Waals surface area contributed by atoms with E-state index >= 15 is 0 Å². The molecule has 166 valence electrons. The summed E-state index contributed by atoms with van der Waals surface area (Å²) in [6.07, 6.45) is 0. The van der Waals surface area contributed by atoms with Gasteiger partial charge in [0.15, 0.2) is 0 Å². The summed E-state index contributed by atoms with van der Waals surface area (Å²) in [4.78, 5) is 26.4. The Balaban J connectivity index is 1.21. The highest BCUT2D eigenvalue weighted by Crippen LogP contribution is 2.24. The average Bonchev–Trinajstić information content (AvgIpc) is 3.31. The van der Waals surface area contributed by atoms with Gasteiger partial charge in [0, 0.05) is 31.7 Å². The number of amidine groups is 1. The number of hydrogen-bond donors (Lipinski definition) is 1. The Morgan fingerprint density at radius 1 is 1.12 bits per heavy atom. The van der Waals surface area contributed by atoms with Crippen LogP contribution in [0.5, 0.6) is 0 Å². The molecule has 1 atom stereocenters. The Labute approximate surface area is 190 Å². The lowest BCUT2D eigenvalue weighted by atomic mass is 10.2. The van der Waals surface area contributed by atoms with Gasteiger partial charge in [-0.1, -0.05) is 24.3 Å². The van der Waals surface area contributed by atoms with Crippen molar-refractivity contribution in [2.45, 2.75) is 24.4 Å². The third-order valence-corrected chi connectivity index (χ3v) is 8.14. The number of aliphatic imine (C=N–C) groups is 1. The fourth-order valence-electron chi connectivity index (χ4n) is 4.05. The summed E-state index contributed by atoms with van der Waals surface area (Å²) < 4.78 is 28.2. The molecular weight excluding hydrogens is 446 g/mol. The van der Waals surface area contributed by atoms with Crippen molar-refractivity contribution < 1.29 is 13.2 Å². The number of fused-ring (bicyclic) bond motifs is 2. The average molecular weight is 470 g/mol. The lowest BCUT2D eigenvalue weighted by Crippen LogP contribution is -2.50. The first kappa shape index (κ1) is 21.0. The second kappa shape index (κ2) is 8.27. The minimum Gasteiger partial charge on any atom is -0.338 e. The van der Waals surface area contributed by atoms with Crippen molar-refractivity contribution in [3.05, 3.63) is 59.1 Å². The van der Waals surface area contributed by atoms with Gasteiger partial charge < -0.3 is 4.90 Å². The Kier molecular flexibility index (Phi) is 5.44. The van der Waals surface area contributed by atoms with E-state index in [0.29, 0.717) is 18.7 Å². The summed E-state index contributed by atoms with van der Waals surface area (Å²) in [6, 6.07) is 14.1. The quantitative estimate of drug-likeness (QED) is 0.631. The predicted octanol–water partition coefficient (Wildman–Crippen LogP) is 2.07. The van der Waals surface area contributed by atoms with E-state index in [1.165, 1.54) is 10.8 Å². The van der Waals surface area contributed by atoms with Gasteiger partial charge in [0.2, 0.25) is 5.91 Å². The maximum absolute atomic E-state index is 13.0. The van der Waals surface area contributed by atoms with Gasteiger partial charge >= 0.3 is 0 Å². The molecule has 2 aliphatic heterocycles. The highest BCUT2D eigenvalue weighted by molar-refractivity contribution is 7.90. The number of amides is 1. The van der Waals surface area contributed by atoms with Crippen LogP contribution in [0.4, 0.5) is 0 Å². The molecule has 1 N–H and O–H groups in total. The fourth-order valence-corrected chi connectivity index (χ4v) is 6.30. The van der Waals surface area contributed by atoms with Crippen molar-refractivity contribution in [3.8, 4) is 0 Å². The largest absolute Gasteiger partial charge is 0.338 e. The number of aromatic nitrogens is 1. The van der Waals surface area contributed by atoms with E-state index in [-0.39, 0.29) is 16.6 Å². The van der Waals surface area contributed by atoms with Crippen molar-refractivity contribution in [2.24, 2.45) is 4.99 Å². The minimum absolute atomic E-state index is 0.0966. The normalized spacial score (nSPS) is 20.3. The molecule has 2 aliphatic rings. The molecule has 2 aromatic carbocycles. The number of thiazole rings is 1. The lowest BCUT2D eigenvalue weighted by molar-refractivity contribution is -0.133. The zero-order valence-electron chi connectivity index (χ0n) is 17.6. The standard InChI is InChI=1S/C22H23N5O3S2/c1-15(23-21-16-6-2-5-9-19(16)32(29,30)25-21)22(28)27-12-10-26(11-13-27)14-20-24-17-7-3-4-8-18(17)31-20/h2-9,15H,10-14H2,1H3,(H,23,25)/t15-/m1/s1. The van der Waals surface area contributed by atoms with Gasteiger partial charge in [0.05, 0.1) is 21.7 Å². The van der Waals surface area contributed by atoms with Crippen LogP contribution < -0.4 is 4.72 Å². The molecule has 0 spiro atoms. The first-order valence-corrected chi connectivity index (χ1v) is 12.8. The highest BCUT2D eigenvalue weighted by Gasteiger charge is 2.32. The molecule has 5 rings (SSSR count). The summed E-state index contributed by atoms with van der Waals surface area (Å²) in [5.41, 5.74) is 1.53. The van der Waals surface area contributed by atoms with E-state index in [2.05, 4.69) is 20.7 Å². The Hall–Kier alpha value is -2.82. The smallest absolute Gasteiger partial charge is 0.263 e. The fraction of sp³-hybridized carbons (Fsp3) is 0.318. The third kappa shape index (κ3) is 4.01. The first-order valence-electron chi connectivity index (χ1n) is 10.5. The molecule has 8 nitrogen and oxygen atoms in total. The van der Waals surface area contributed by atoms with Gasteiger partial charge in [0.25, 0.3) is 10.0 Å². The number of hydrogen-bond acceptors (Lipinski definition) is 7. The van der Waals surface area contributed by atoms with E-state index in [4.69, 9.17) is 4.98 Å². The van der Waals surface area contributed by atoms with Crippen LogP contribution in [0.25, 0.3) is 10.2 Å². The molecule has 1 fully saturated rings. The second-order valence-corrected chi connectivity index (χ2v) is 10.7. The van der Waals surface area contributed by atoms with Crippen LogP contribution in [-0.2, 0) is 21.4 Å². The van der Waals surface area contributed by atoms with Gasteiger partial charge in [-0.3, -0.25) is 19.4 Å². The topological polar surface area (TPSA) is 95.0 Å². The number of nitrogens with one attached hydrogen (secondary N) is 1. The van der Waals surface area contributed by atoms with E-state index in [1.54, 1.807) is 41.4 Å². The lowest BCUT2D eigenvalue weighted by Gasteiger charge is -2.35. The number of benzene rings is 2. The van der Waals surface area contributed by atoms with Gasteiger partial charge in [0.1, 0.15) is 16.9 Å². The van der Waals surface area contributed by atoms with Crippen molar-refractivity contribution in [1.29, 1.82) is 0 Å². The number of carbonyl (C=O) groups excluding carboxylic acids is 1. The number of para-hydroxylation sites is 1. The molecule has 32 heavy (non-hydrogen) atoms. The molecule has 1 aromatic heterocycles. The highest BCUT2D eigenvalue weighted by atomic mass is 32.2. The predicted molar refractivity (Wildman–Crippen MR) is 124 cm³/mol. The van der Waals surface area contributed by atoms with Crippen LogP contribution >= 0.6 is 11.3 Å². The molecule has 3 aromatic rings. The minimum atomic E-state index is -3.62. The van der Waals surface area contributed by atoms with Crippen LogP contribution in [0, 0.1) is 0 Å². The molecule has 10 heteroatoms. The molecule has 0 radical (unpaired) electrons. The Morgan fingerprint density at radius 3 is 2.62 bits per heavy atom. The summed E-state index contributed by atoms with van der Waals surface area (Å²) in [6.45, 7) is 5.24. The molecule has 1 amide bonds. The van der Waals surface area contributed by atoms with Gasteiger partial charge in [-0.05, 0) is 31.2 Å². The van der Waals surface area contributed by atoms with Crippen LogP contribution in [0.3, 0.4) is 0 Å². The number of rotatable bonds is 4. The monoisotopic (exact) mass is 469 g/mol. The molecule has 0 aliphatic carbocycles. The Bertz CT molecular complexity index is 1280. The summed E-state index contributed by atoms with van der Waals surface area (Å²) >= 11 is 1.71. The second-order valence-electron chi connectivity index (χ2n) is 7.93. The third-order valence-electron chi connectivity index (χ3n) is 5.72. The van der Waals surface area contributed by atoms with Crippen LogP contribution in [0.1, 0.15) is 17.5 Å². The van der Waals surface area contributed by atoms with E-state index < -0.39 is 16.1 Å². The number of piperazine rings is 1. The van der Waals surface area contributed by atoms with Crippen LogP contribution in [-0.4, -0.2) is 67.2 Å². The summed E-state index contributed by atoms with van der Waals surface area (Å²) in [5, 5.41) is 1.08. The molecule has 0 saturated carbocycles. The van der Waals surface area contributed by atoms with E-state index in [0.717, 1.165) is 30.2 Å². The molecule has 0 unspecified atom stereocenters. The van der Waals surface area contributed by atoms with E-state index in [9.17, 15) is 13.2 Å². The molecule has 3 heterocycles. The maximum atomic E-state index is 13.0. The van der Waals surface area contributed by atoms with Gasteiger partial charge in [-0.25, -0.2) is 13.4 Å². The molecular formula is C22H23N5O3S2. The van der Waals surface area contributed by atoms with Crippen molar-refractivity contribution >= 4 is 43.3 Å². The number of carbonyl (C=O) groups is 1. The van der Waals surface area contributed by atoms with Crippen LogP contribution in [0.15, 0.2) is 58.4 Å². The van der Waals surface area contributed by atoms with Crippen molar-refractivity contribution in [1.82, 2.24) is 19.5 Å². The summed E-state index contributed by atoms with van der Waals surface area (Å²) in [5.74, 6) is 0.136. The molecule has 0 bridgehead atoms. The zero-order chi connectivity index (χ0) is 22.3. The van der Waals surface area contributed by atoms with Crippen LogP contribution in [0.2, 0.25) is 0 Å². The van der Waals surface area contributed by atoms with Crippen molar-refractivity contribution in [3.63, 3.8) is 0 Å². The van der Waals surface area contributed by atoms with Gasteiger partial charge in [-0.2, -0.15) is 0 Å². The first-order chi connectivity index (χ1) is 15.4. The molecule has 1 saturated heterocycles.